The number of nitrogens with zero attached hydrogens (tertiary/aromatic N) is 2. The summed E-state index contributed by atoms with van der Waals surface area (Å²) in [5, 5.41) is 10.3. The van der Waals surface area contributed by atoms with Gasteiger partial charge in [0.1, 0.15) is 6.04 Å². The number of hydrogen-bond acceptors (Lipinski definition) is 4. The van der Waals surface area contributed by atoms with Crippen LogP contribution in [0.4, 0.5) is 11.4 Å². The number of rotatable bonds is 4. The van der Waals surface area contributed by atoms with Crippen molar-refractivity contribution in [1.82, 2.24) is 5.32 Å². The summed E-state index contributed by atoms with van der Waals surface area (Å²) in [6, 6.07) is 20.2. The molecule has 3 aromatic carbocycles. The average molecular weight is 414 g/mol. The smallest absolute Gasteiger partial charge is 0.252 e. The Kier molecular flexibility index (Phi) is 5.61. The first kappa shape index (κ1) is 20.1. The van der Waals surface area contributed by atoms with Crippen molar-refractivity contribution in [3.05, 3.63) is 72.3 Å². The maximum Gasteiger partial charge on any atom is 0.252 e. The Labute approximate surface area is 179 Å². The molecule has 0 saturated carbocycles. The summed E-state index contributed by atoms with van der Waals surface area (Å²) >= 11 is 0. The molecule has 0 aromatic heterocycles. The molecule has 31 heavy (non-hydrogen) atoms. The summed E-state index contributed by atoms with van der Waals surface area (Å²) in [7, 11) is 0. The van der Waals surface area contributed by atoms with Crippen molar-refractivity contribution in [2.45, 2.75) is 19.4 Å². The highest BCUT2D eigenvalue weighted by Gasteiger charge is 2.28. The van der Waals surface area contributed by atoms with Crippen LogP contribution in [-0.2, 0) is 9.59 Å². The minimum Gasteiger partial charge on any atom is -0.369 e. The van der Waals surface area contributed by atoms with Gasteiger partial charge in [-0.1, -0.05) is 54.1 Å². The molecule has 3 aromatic rings. The Morgan fingerprint density at radius 2 is 1.81 bits per heavy atom. The van der Waals surface area contributed by atoms with Crippen LogP contribution in [0.25, 0.3) is 10.8 Å². The van der Waals surface area contributed by atoms with Crippen molar-refractivity contribution in [2.24, 2.45) is 15.7 Å². The fourth-order valence-corrected chi connectivity index (χ4v) is 3.27. The second-order valence-corrected chi connectivity index (χ2v) is 7.22. The molecule has 0 bridgehead atoms. The molecule has 1 aliphatic heterocycles. The molecule has 1 aliphatic rings. The first-order valence-corrected chi connectivity index (χ1v) is 9.82. The van der Waals surface area contributed by atoms with Gasteiger partial charge in [0.2, 0.25) is 17.8 Å². The molecular weight excluding hydrogens is 392 g/mol. The molecule has 1 heterocycles. The van der Waals surface area contributed by atoms with Crippen LogP contribution < -0.4 is 21.7 Å². The Bertz CT molecular complexity index is 1190. The molecule has 0 fully saturated rings. The summed E-state index contributed by atoms with van der Waals surface area (Å²) in [5.74, 6) is -0.542. The predicted molar refractivity (Wildman–Crippen MR) is 123 cm³/mol. The number of amides is 2. The van der Waals surface area contributed by atoms with Gasteiger partial charge in [0.05, 0.1) is 6.42 Å². The number of guanidine groups is 2. The molecule has 8 nitrogen and oxygen atoms in total. The third-order valence-electron chi connectivity index (χ3n) is 4.81. The second kappa shape index (κ2) is 8.66. The molecule has 8 heteroatoms. The molecule has 0 saturated heterocycles. The summed E-state index contributed by atoms with van der Waals surface area (Å²) in [6.07, 6.45) is -0.0978. The van der Waals surface area contributed by atoms with Crippen LogP contribution in [0.1, 0.15) is 12.0 Å². The topological polar surface area (TPSA) is 121 Å². The monoisotopic (exact) mass is 414 g/mol. The second-order valence-electron chi connectivity index (χ2n) is 7.22. The van der Waals surface area contributed by atoms with Crippen LogP contribution in [0.5, 0.6) is 0 Å². The van der Waals surface area contributed by atoms with Crippen LogP contribution in [-0.4, -0.2) is 29.8 Å². The number of hydrogen-bond donors (Lipinski definition) is 4. The molecule has 156 valence electrons. The number of nitrogens with two attached hydrogens (primary N) is 1. The number of aliphatic imine (C=N–C) groups is 2. The van der Waals surface area contributed by atoms with E-state index in [4.69, 9.17) is 5.73 Å². The molecule has 4 rings (SSSR count). The molecular formula is C23H22N6O2. The van der Waals surface area contributed by atoms with Crippen LogP contribution in [0.3, 0.4) is 0 Å². The van der Waals surface area contributed by atoms with Gasteiger partial charge in [-0.05, 0) is 30.5 Å². The van der Waals surface area contributed by atoms with E-state index >= 15 is 0 Å². The van der Waals surface area contributed by atoms with Gasteiger partial charge in [-0.2, -0.15) is 4.99 Å². The lowest BCUT2D eigenvalue weighted by Crippen LogP contribution is -2.32. The van der Waals surface area contributed by atoms with Gasteiger partial charge in [0.15, 0.2) is 0 Å². The van der Waals surface area contributed by atoms with Crippen molar-refractivity contribution in [3.8, 4) is 0 Å². The van der Waals surface area contributed by atoms with E-state index in [0.29, 0.717) is 5.69 Å². The largest absolute Gasteiger partial charge is 0.369 e. The lowest BCUT2D eigenvalue weighted by atomic mass is 10.1. The molecule has 0 unspecified atom stereocenters. The minimum atomic E-state index is -0.860. The van der Waals surface area contributed by atoms with Gasteiger partial charge in [0, 0.05) is 16.8 Å². The Morgan fingerprint density at radius 3 is 2.61 bits per heavy atom. The number of carbonyl (C=O) groups excluding carboxylic acids is 2. The van der Waals surface area contributed by atoms with Crippen LogP contribution in [0.2, 0.25) is 0 Å². The van der Waals surface area contributed by atoms with Crippen molar-refractivity contribution >= 4 is 45.9 Å². The molecule has 0 radical (unpaired) electrons. The van der Waals surface area contributed by atoms with E-state index < -0.39 is 11.9 Å². The summed E-state index contributed by atoms with van der Waals surface area (Å²) < 4.78 is 0. The fourth-order valence-electron chi connectivity index (χ4n) is 3.27. The Morgan fingerprint density at radius 1 is 1.06 bits per heavy atom. The number of nitrogens with one attached hydrogen (secondary N) is 3. The third-order valence-corrected chi connectivity index (χ3v) is 4.81. The number of benzene rings is 3. The zero-order chi connectivity index (χ0) is 21.8. The normalized spacial score (nSPS) is 16.0. The lowest BCUT2D eigenvalue weighted by Gasteiger charge is -2.09. The number of carbonyl (C=O) groups is 2. The van der Waals surface area contributed by atoms with Crippen molar-refractivity contribution in [2.75, 3.05) is 10.6 Å². The van der Waals surface area contributed by atoms with Gasteiger partial charge in [-0.3, -0.25) is 14.9 Å². The van der Waals surface area contributed by atoms with Crippen molar-refractivity contribution in [1.29, 1.82) is 0 Å². The first-order valence-electron chi connectivity index (χ1n) is 9.82. The van der Waals surface area contributed by atoms with E-state index in [9.17, 15) is 9.59 Å². The quantitative estimate of drug-likeness (QED) is 0.387. The van der Waals surface area contributed by atoms with Crippen molar-refractivity contribution in [3.63, 3.8) is 0 Å². The van der Waals surface area contributed by atoms with E-state index in [0.717, 1.165) is 22.0 Å². The van der Waals surface area contributed by atoms with E-state index in [1.54, 1.807) is 0 Å². The molecule has 0 spiro atoms. The lowest BCUT2D eigenvalue weighted by molar-refractivity contribution is -0.123. The molecule has 5 N–H and O–H groups in total. The predicted octanol–water partition coefficient (Wildman–Crippen LogP) is 2.76. The number of anilines is 2. The maximum atomic E-state index is 12.5. The Balaban J connectivity index is 1.41. The highest BCUT2D eigenvalue weighted by atomic mass is 16.2. The van der Waals surface area contributed by atoms with E-state index in [2.05, 4.69) is 25.9 Å². The SMILES string of the molecule is Cc1ccc(NC(N)=NC2=N[C@@H](CC(=O)Nc3cccc4ccccc34)C(=O)N2)cc1. The summed E-state index contributed by atoms with van der Waals surface area (Å²) in [6.45, 7) is 1.99. The van der Waals surface area contributed by atoms with E-state index in [1.807, 2.05) is 73.7 Å². The van der Waals surface area contributed by atoms with Gasteiger partial charge in [0.25, 0.3) is 5.91 Å². The first-order chi connectivity index (χ1) is 15.0. The van der Waals surface area contributed by atoms with Crippen LogP contribution in [0, 0.1) is 6.92 Å². The molecule has 1 atom stereocenters. The van der Waals surface area contributed by atoms with Gasteiger partial charge >= 0.3 is 0 Å². The zero-order valence-corrected chi connectivity index (χ0v) is 16.9. The van der Waals surface area contributed by atoms with E-state index in [-0.39, 0.29) is 24.2 Å². The minimum absolute atomic E-state index is 0.0741. The standard InChI is InChI=1S/C23H22N6O2/c1-14-9-11-16(12-10-14)25-22(24)29-23-27-19(21(31)28-23)13-20(30)26-18-8-4-6-15-5-2-3-7-17(15)18/h2-12,19H,13H2,1H3,(H,26,30)(H4,24,25,27,28,29,31)/t19-/m0/s1. The molecule has 0 aliphatic carbocycles. The third kappa shape index (κ3) is 4.87. The Hall–Kier alpha value is -4.20. The average Bonchev–Trinajstić information content (AvgIpc) is 3.08. The zero-order valence-electron chi connectivity index (χ0n) is 16.9. The van der Waals surface area contributed by atoms with E-state index in [1.165, 1.54) is 0 Å². The summed E-state index contributed by atoms with van der Waals surface area (Å²) in [5.41, 5.74) is 8.48. The maximum absolute atomic E-state index is 12.5. The molecule has 2 amide bonds. The van der Waals surface area contributed by atoms with Crippen LogP contribution >= 0.6 is 0 Å². The fraction of sp³-hybridized carbons (Fsp3) is 0.130. The van der Waals surface area contributed by atoms with Crippen molar-refractivity contribution < 1.29 is 9.59 Å². The highest BCUT2D eigenvalue weighted by molar-refractivity contribution is 6.12. The van der Waals surface area contributed by atoms with Gasteiger partial charge in [-0.15, -0.1) is 0 Å². The van der Waals surface area contributed by atoms with Gasteiger partial charge in [-0.25, -0.2) is 4.99 Å². The van der Waals surface area contributed by atoms with Gasteiger partial charge < -0.3 is 16.4 Å². The number of fused-ring (bicyclic) bond motifs is 1. The highest BCUT2D eigenvalue weighted by Crippen LogP contribution is 2.23. The summed E-state index contributed by atoms with van der Waals surface area (Å²) in [4.78, 5) is 33.0. The van der Waals surface area contributed by atoms with Crippen LogP contribution in [0.15, 0.2) is 76.7 Å². The number of aryl methyl sites for hydroxylation is 1.